The summed E-state index contributed by atoms with van der Waals surface area (Å²) in [6, 6.07) is 13.3. The van der Waals surface area contributed by atoms with Crippen LogP contribution in [-0.2, 0) is 21.1 Å². The Hall–Kier alpha value is -5.52. The lowest BCUT2D eigenvalue weighted by Crippen LogP contribution is -2.20. The molecule has 12 heteroatoms. The first-order chi connectivity index (χ1) is 20.1. The number of aromatic nitrogens is 6. The fourth-order valence-corrected chi connectivity index (χ4v) is 5.33. The van der Waals surface area contributed by atoms with E-state index >= 15 is 0 Å². The van der Waals surface area contributed by atoms with Crippen molar-refractivity contribution in [2.24, 2.45) is 21.1 Å². The van der Waals surface area contributed by atoms with Gasteiger partial charge in [0.15, 0.2) is 5.82 Å². The quantitative estimate of drug-likeness (QED) is 0.332. The summed E-state index contributed by atoms with van der Waals surface area (Å²) in [6.45, 7) is 0. The predicted molar refractivity (Wildman–Crippen MR) is 157 cm³/mol. The van der Waals surface area contributed by atoms with Gasteiger partial charge < -0.3 is 15.2 Å². The maximum atomic E-state index is 15.0. The minimum absolute atomic E-state index is 0.0997. The molecule has 0 aliphatic carbocycles. The molecule has 0 atom stereocenters. The number of imidazole rings is 3. The largest absolute Gasteiger partial charge is 0.355 e. The van der Waals surface area contributed by atoms with E-state index in [9.17, 15) is 18.8 Å². The normalized spacial score (nSPS) is 11.4. The third kappa shape index (κ3) is 3.99. The molecule has 3 aromatic heterocycles. The molecular weight excluding hydrogens is 539 g/mol. The van der Waals surface area contributed by atoms with Crippen molar-refractivity contribution in [1.29, 1.82) is 0 Å². The number of hydrogen-bond donors (Lipinski definition) is 2. The molecule has 3 heterocycles. The first-order valence-electron chi connectivity index (χ1n) is 13.1. The molecule has 0 unspecified atom stereocenters. The van der Waals surface area contributed by atoms with E-state index in [0.717, 1.165) is 22.4 Å². The summed E-state index contributed by atoms with van der Waals surface area (Å²) in [4.78, 5) is 47.1. The highest BCUT2D eigenvalue weighted by atomic mass is 19.1. The molecule has 212 valence electrons. The van der Waals surface area contributed by atoms with Gasteiger partial charge in [-0.2, -0.15) is 0 Å². The summed E-state index contributed by atoms with van der Waals surface area (Å²) in [5.41, 5.74) is 5.02. The Morgan fingerprint density at radius 1 is 0.833 bits per heavy atom. The van der Waals surface area contributed by atoms with Crippen LogP contribution in [0.4, 0.5) is 4.39 Å². The lowest BCUT2D eigenvalue weighted by molar-refractivity contribution is 0.0952. The third-order valence-corrected chi connectivity index (χ3v) is 7.58. The smallest absolute Gasteiger partial charge is 0.328 e. The van der Waals surface area contributed by atoms with Crippen LogP contribution >= 0.6 is 0 Å². The maximum Gasteiger partial charge on any atom is 0.328 e. The highest BCUT2D eigenvalue weighted by Gasteiger charge is 2.23. The second-order valence-electron chi connectivity index (χ2n) is 9.97. The zero-order valence-electron chi connectivity index (χ0n) is 23.6. The molecular formula is C30H27FN8O3. The Morgan fingerprint density at radius 3 is 2.21 bits per heavy atom. The van der Waals surface area contributed by atoms with E-state index in [1.165, 1.54) is 26.2 Å². The standard InChI is InChI=1S/C30H27FN8O3/c1-32-28(40)18-8-6-16(10-21(18)31)19-12-22-24(13-20(19)29(41)33-2)39(27(35-22)26-14-34-15-36(26)3)17-7-9-23-25(11-17)38(5)30(42)37(23)4/h6-15H,1-5H3,(H,32,40)(H,33,41). The molecule has 6 aromatic rings. The van der Waals surface area contributed by atoms with E-state index in [2.05, 4.69) is 15.6 Å². The van der Waals surface area contributed by atoms with E-state index in [4.69, 9.17) is 4.98 Å². The van der Waals surface area contributed by atoms with Crippen LogP contribution < -0.4 is 16.3 Å². The molecule has 0 aliphatic rings. The minimum atomic E-state index is -0.710. The van der Waals surface area contributed by atoms with Gasteiger partial charge in [-0.25, -0.2) is 19.2 Å². The van der Waals surface area contributed by atoms with Crippen molar-refractivity contribution in [2.45, 2.75) is 0 Å². The molecule has 6 rings (SSSR count). The summed E-state index contributed by atoms with van der Waals surface area (Å²) in [5, 5.41) is 5.09. The lowest BCUT2D eigenvalue weighted by atomic mass is 9.96. The van der Waals surface area contributed by atoms with Gasteiger partial charge >= 0.3 is 5.69 Å². The second kappa shape index (κ2) is 9.84. The summed E-state index contributed by atoms with van der Waals surface area (Å²) in [6.07, 6.45) is 3.36. The molecule has 0 saturated heterocycles. The average Bonchev–Trinajstić information content (AvgIpc) is 3.65. The van der Waals surface area contributed by atoms with Crippen molar-refractivity contribution in [3.05, 3.63) is 88.5 Å². The highest BCUT2D eigenvalue weighted by molar-refractivity contribution is 6.05. The van der Waals surface area contributed by atoms with Gasteiger partial charge in [-0.3, -0.25) is 23.3 Å². The average molecular weight is 567 g/mol. The Labute approximate surface area is 238 Å². The van der Waals surface area contributed by atoms with Crippen LogP contribution in [0.15, 0.2) is 65.8 Å². The fraction of sp³-hybridized carbons (Fsp3) is 0.167. The van der Waals surface area contributed by atoms with Crippen molar-refractivity contribution < 1.29 is 14.0 Å². The highest BCUT2D eigenvalue weighted by Crippen LogP contribution is 2.35. The van der Waals surface area contributed by atoms with Crippen LogP contribution in [0.1, 0.15) is 20.7 Å². The molecule has 42 heavy (non-hydrogen) atoms. The van der Waals surface area contributed by atoms with Gasteiger partial charge in [0.05, 0.1) is 40.2 Å². The molecule has 3 aromatic carbocycles. The number of aryl methyl sites for hydroxylation is 3. The van der Waals surface area contributed by atoms with E-state index in [1.807, 2.05) is 34.4 Å². The van der Waals surface area contributed by atoms with Crippen LogP contribution in [0, 0.1) is 5.82 Å². The number of rotatable bonds is 5. The predicted octanol–water partition coefficient (Wildman–Crippen LogP) is 3.14. The van der Waals surface area contributed by atoms with Gasteiger partial charge in [0.2, 0.25) is 0 Å². The maximum absolute atomic E-state index is 15.0. The summed E-state index contributed by atoms with van der Waals surface area (Å²) >= 11 is 0. The van der Waals surface area contributed by atoms with Gasteiger partial charge in [0, 0.05) is 46.5 Å². The van der Waals surface area contributed by atoms with Gasteiger partial charge in [0.1, 0.15) is 11.5 Å². The number of carbonyl (C=O) groups excluding carboxylic acids is 2. The summed E-state index contributed by atoms with van der Waals surface area (Å²) in [7, 11) is 8.24. The molecule has 0 spiro atoms. The number of nitrogens with one attached hydrogen (secondary N) is 2. The van der Waals surface area contributed by atoms with E-state index < -0.39 is 11.7 Å². The van der Waals surface area contributed by atoms with Crippen molar-refractivity contribution in [3.8, 4) is 28.3 Å². The van der Waals surface area contributed by atoms with Gasteiger partial charge in [-0.1, -0.05) is 6.07 Å². The van der Waals surface area contributed by atoms with Crippen molar-refractivity contribution in [3.63, 3.8) is 0 Å². The number of nitrogens with zero attached hydrogens (tertiary/aromatic N) is 6. The number of fused-ring (bicyclic) bond motifs is 2. The fourth-order valence-electron chi connectivity index (χ4n) is 5.33. The zero-order valence-corrected chi connectivity index (χ0v) is 23.6. The van der Waals surface area contributed by atoms with Crippen LogP contribution in [-0.4, -0.2) is 54.1 Å². The summed E-state index contributed by atoms with van der Waals surface area (Å²) in [5.74, 6) is -1.07. The zero-order chi connectivity index (χ0) is 29.9. The molecule has 0 bridgehead atoms. The first kappa shape index (κ1) is 26.7. The first-order valence-corrected chi connectivity index (χ1v) is 13.1. The van der Waals surface area contributed by atoms with Crippen LogP contribution in [0.3, 0.4) is 0 Å². The topological polar surface area (TPSA) is 121 Å². The molecule has 0 aliphatic heterocycles. The van der Waals surface area contributed by atoms with Gasteiger partial charge in [0.25, 0.3) is 11.8 Å². The van der Waals surface area contributed by atoms with Crippen molar-refractivity contribution in [1.82, 2.24) is 38.9 Å². The van der Waals surface area contributed by atoms with E-state index in [1.54, 1.807) is 54.0 Å². The molecule has 0 radical (unpaired) electrons. The third-order valence-electron chi connectivity index (χ3n) is 7.58. The van der Waals surface area contributed by atoms with Gasteiger partial charge in [-0.05, 0) is 53.6 Å². The van der Waals surface area contributed by atoms with Crippen molar-refractivity contribution in [2.75, 3.05) is 14.1 Å². The van der Waals surface area contributed by atoms with E-state index in [-0.39, 0.29) is 17.2 Å². The van der Waals surface area contributed by atoms with Gasteiger partial charge in [-0.15, -0.1) is 0 Å². The molecule has 0 fully saturated rings. The Bertz CT molecular complexity index is 2130. The summed E-state index contributed by atoms with van der Waals surface area (Å²) < 4.78 is 21.9. The minimum Gasteiger partial charge on any atom is -0.355 e. The van der Waals surface area contributed by atoms with Crippen molar-refractivity contribution >= 4 is 33.9 Å². The Morgan fingerprint density at radius 2 is 1.55 bits per heavy atom. The number of hydrogen-bond acceptors (Lipinski definition) is 5. The number of benzene rings is 3. The SMILES string of the molecule is CNC(=O)c1ccc(-c2cc3nc(-c4cncn4C)n(-c4ccc5c(c4)n(C)c(=O)n5C)c3cc2C(=O)NC)cc1F. The Kier molecular flexibility index (Phi) is 6.25. The van der Waals surface area contributed by atoms with Crippen LogP contribution in [0.25, 0.3) is 50.4 Å². The van der Waals surface area contributed by atoms with Crippen LogP contribution in [0.2, 0.25) is 0 Å². The lowest BCUT2D eigenvalue weighted by Gasteiger charge is -2.13. The molecule has 2 N–H and O–H groups in total. The number of halogens is 1. The molecule has 0 saturated carbocycles. The monoisotopic (exact) mass is 566 g/mol. The molecule has 11 nitrogen and oxygen atoms in total. The second-order valence-corrected chi connectivity index (χ2v) is 9.97. The van der Waals surface area contributed by atoms with Crippen LogP contribution in [0.5, 0.6) is 0 Å². The van der Waals surface area contributed by atoms with E-state index in [0.29, 0.717) is 33.5 Å². The number of carbonyl (C=O) groups is 2. The Balaban J connectivity index is 1.66. The number of amides is 2. The molecule has 2 amide bonds.